The number of piperidine rings is 1. The van der Waals surface area contributed by atoms with E-state index in [1.807, 2.05) is 17.0 Å². The van der Waals surface area contributed by atoms with Gasteiger partial charge in [-0.05, 0) is 49.3 Å². The highest BCUT2D eigenvalue weighted by molar-refractivity contribution is 6.30. The molecular formula is C18H25ClN2O2. The summed E-state index contributed by atoms with van der Waals surface area (Å²) in [6.07, 6.45) is 5.22. The molecule has 4 nitrogen and oxygen atoms in total. The van der Waals surface area contributed by atoms with Crippen LogP contribution in [0, 0.1) is 5.92 Å². The maximum atomic E-state index is 12.4. The van der Waals surface area contributed by atoms with Crippen molar-refractivity contribution >= 4 is 17.6 Å². The van der Waals surface area contributed by atoms with Gasteiger partial charge in [-0.1, -0.05) is 30.2 Å². The van der Waals surface area contributed by atoms with E-state index in [1.165, 1.54) is 12.0 Å². The topological polar surface area (TPSA) is 52.6 Å². The van der Waals surface area contributed by atoms with E-state index in [9.17, 15) is 9.90 Å². The van der Waals surface area contributed by atoms with Crippen molar-refractivity contribution < 1.29 is 9.90 Å². The summed E-state index contributed by atoms with van der Waals surface area (Å²) in [4.78, 5) is 14.3. The number of benzene rings is 1. The molecule has 2 fully saturated rings. The molecule has 0 atom stereocenters. The molecule has 2 amide bonds. The Labute approximate surface area is 142 Å². The van der Waals surface area contributed by atoms with Crippen LogP contribution in [0.2, 0.25) is 5.02 Å². The summed E-state index contributed by atoms with van der Waals surface area (Å²) in [5, 5.41) is 13.1. The van der Waals surface area contributed by atoms with Gasteiger partial charge < -0.3 is 15.3 Å². The molecule has 1 aliphatic heterocycles. The number of carbonyl (C=O) groups is 1. The van der Waals surface area contributed by atoms with Crippen LogP contribution in [0.15, 0.2) is 24.3 Å². The summed E-state index contributed by atoms with van der Waals surface area (Å²) >= 11 is 5.98. The van der Waals surface area contributed by atoms with E-state index in [2.05, 4.69) is 17.4 Å². The number of halogens is 1. The average molecular weight is 337 g/mol. The Morgan fingerprint density at radius 2 is 1.91 bits per heavy atom. The molecule has 126 valence electrons. The predicted octanol–water partition coefficient (Wildman–Crippen LogP) is 3.18. The zero-order chi connectivity index (χ0) is 16.3. The van der Waals surface area contributed by atoms with Crippen molar-refractivity contribution in [3.8, 4) is 0 Å². The zero-order valence-electron chi connectivity index (χ0n) is 13.4. The zero-order valence-corrected chi connectivity index (χ0v) is 14.2. The van der Waals surface area contributed by atoms with Gasteiger partial charge >= 0.3 is 6.03 Å². The van der Waals surface area contributed by atoms with E-state index >= 15 is 0 Å². The van der Waals surface area contributed by atoms with E-state index in [0.29, 0.717) is 12.5 Å². The monoisotopic (exact) mass is 336 g/mol. The summed E-state index contributed by atoms with van der Waals surface area (Å²) in [5.74, 6) is 0.353. The van der Waals surface area contributed by atoms with Crippen LogP contribution in [0.5, 0.6) is 0 Å². The summed E-state index contributed by atoms with van der Waals surface area (Å²) in [6, 6.07) is 8.05. The van der Waals surface area contributed by atoms with Crippen LogP contribution < -0.4 is 5.32 Å². The Kier molecular flexibility index (Phi) is 5.12. The molecule has 0 spiro atoms. The highest BCUT2D eigenvalue weighted by Crippen LogP contribution is 2.43. The molecule has 1 aromatic rings. The number of hydrogen-bond acceptors (Lipinski definition) is 2. The number of amides is 2. The first-order chi connectivity index (χ1) is 11.1. The van der Waals surface area contributed by atoms with Gasteiger partial charge in [0.15, 0.2) is 0 Å². The van der Waals surface area contributed by atoms with Crippen LogP contribution in [-0.2, 0) is 5.41 Å². The van der Waals surface area contributed by atoms with Crippen molar-refractivity contribution in [2.75, 3.05) is 26.2 Å². The van der Waals surface area contributed by atoms with Crippen LogP contribution in [0.4, 0.5) is 4.79 Å². The molecule has 5 heteroatoms. The number of likely N-dealkylation sites (tertiary alicyclic amines) is 1. The second-order valence-electron chi connectivity index (χ2n) is 6.91. The van der Waals surface area contributed by atoms with Gasteiger partial charge in [0.2, 0.25) is 0 Å². The number of hydrogen-bond donors (Lipinski definition) is 2. The third-order valence-corrected chi connectivity index (χ3v) is 5.76. The quantitative estimate of drug-likeness (QED) is 0.887. The predicted molar refractivity (Wildman–Crippen MR) is 91.8 cm³/mol. The van der Waals surface area contributed by atoms with Gasteiger partial charge in [-0.15, -0.1) is 0 Å². The molecule has 1 saturated heterocycles. The number of nitrogens with zero attached hydrogens (tertiary/aromatic N) is 1. The molecule has 1 heterocycles. The van der Waals surface area contributed by atoms with Crippen molar-refractivity contribution in [1.29, 1.82) is 0 Å². The molecule has 1 saturated carbocycles. The molecule has 1 aliphatic carbocycles. The standard InChI is InChI=1S/C18H25ClN2O2/c19-16-4-2-15(3-5-16)18(8-1-9-18)13-20-17(23)21-10-6-14(12-22)7-11-21/h2-5,14,22H,1,6-13H2,(H,20,23). The summed E-state index contributed by atoms with van der Waals surface area (Å²) in [6.45, 7) is 2.40. The Balaban J connectivity index is 1.56. The fraction of sp³-hybridized carbons (Fsp3) is 0.611. The van der Waals surface area contributed by atoms with E-state index in [1.54, 1.807) is 0 Å². The Hall–Kier alpha value is -1.26. The number of nitrogens with one attached hydrogen (secondary N) is 1. The minimum Gasteiger partial charge on any atom is -0.396 e. The molecule has 0 bridgehead atoms. The van der Waals surface area contributed by atoms with E-state index in [-0.39, 0.29) is 18.1 Å². The summed E-state index contributed by atoms with van der Waals surface area (Å²) in [5.41, 5.74) is 1.34. The summed E-state index contributed by atoms with van der Waals surface area (Å²) < 4.78 is 0. The van der Waals surface area contributed by atoms with Crippen molar-refractivity contribution in [2.24, 2.45) is 5.92 Å². The number of urea groups is 1. The van der Waals surface area contributed by atoms with Crippen molar-refractivity contribution in [3.05, 3.63) is 34.9 Å². The van der Waals surface area contributed by atoms with Gasteiger partial charge in [0.25, 0.3) is 0 Å². The van der Waals surface area contributed by atoms with Crippen molar-refractivity contribution in [2.45, 2.75) is 37.5 Å². The lowest BCUT2D eigenvalue weighted by atomic mass is 9.64. The fourth-order valence-electron chi connectivity index (χ4n) is 3.65. The molecular weight excluding hydrogens is 312 g/mol. The molecule has 0 radical (unpaired) electrons. The first-order valence-electron chi connectivity index (χ1n) is 8.53. The molecule has 2 N–H and O–H groups in total. The minimum atomic E-state index is 0.0293. The molecule has 0 unspecified atom stereocenters. The molecule has 0 aromatic heterocycles. The highest BCUT2D eigenvalue weighted by atomic mass is 35.5. The molecule has 3 rings (SSSR count). The van der Waals surface area contributed by atoms with E-state index in [4.69, 9.17) is 11.6 Å². The average Bonchev–Trinajstić information content (AvgIpc) is 2.55. The van der Waals surface area contributed by atoms with Crippen molar-refractivity contribution in [1.82, 2.24) is 10.2 Å². The SMILES string of the molecule is O=C(NCC1(c2ccc(Cl)cc2)CCC1)N1CCC(CO)CC1. The first-order valence-corrected chi connectivity index (χ1v) is 8.90. The molecule has 1 aromatic carbocycles. The van der Waals surface area contributed by atoms with Crippen LogP contribution in [0.25, 0.3) is 0 Å². The Morgan fingerprint density at radius 3 is 2.43 bits per heavy atom. The number of aliphatic hydroxyl groups is 1. The normalized spacial score (nSPS) is 20.9. The smallest absolute Gasteiger partial charge is 0.317 e. The van der Waals surface area contributed by atoms with Gasteiger partial charge in [0.1, 0.15) is 0 Å². The van der Waals surface area contributed by atoms with Crippen molar-refractivity contribution in [3.63, 3.8) is 0 Å². The lowest BCUT2D eigenvalue weighted by Crippen LogP contribution is -2.51. The maximum absolute atomic E-state index is 12.4. The third kappa shape index (κ3) is 3.64. The number of rotatable bonds is 4. The number of aliphatic hydroxyl groups excluding tert-OH is 1. The van der Waals surface area contributed by atoms with Crippen LogP contribution in [0.3, 0.4) is 0 Å². The van der Waals surface area contributed by atoms with Gasteiger partial charge in [0, 0.05) is 36.7 Å². The van der Waals surface area contributed by atoms with Gasteiger partial charge in [-0.2, -0.15) is 0 Å². The minimum absolute atomic E-state index is 0.0293. The second-order valence-corrected chi connectivity index (χ2v) is 7.35. The van der Waals surface area contributed by atoms with E-state index < -0.39 is 0 Å². The van der Waals surface area contributed by atoms with Gasteiger partial charge in [0.05, 0.1) is 0 Å². The Morgan fingerprint density at radius 1 is 1.26 bits per heavy atom. The fourth-order valence-corrected chi connectivity index (χ4v) is 3.78. The second kappa shape index (κ2) is 7.10. The third-order valence-electron chi connectivity index (χ3n) is 5.51. The van der Waals surface area contributed by atoms with Crippen LogP contribution in [0.1, 0.15) is 37.7 Å². The van der Waals surface area contributed by atoms with Gasteiger partial charge in [-0.25, -0.2) is 4.79 Å². The largest absolute Gasteiger partial charge is 0.396 e. The van der Waals surface area contributed by atoms with Crippen LogP contribution >= 0.6 is 11.6 Å². The molecule has 23 heavy (non-hydrogen) atoms. The lowest BCUT2D eigenvalue weighted by Gasteiger charge is -2.43. The van der Waals surface area contributed by atoms with E-state index in [0.717, 1.165) is 43.8 Å². The number of carbonyl (C=O) groups excluding carboxylic acids is 1. The Bertz CT molecular complexity index is 534. The lowest BCUT2D eigenvalue weighted by molar-refractivity contribution is 0.133. The molecule has 2 aliphatic rings. The first kappa shape index (κ1) is 16.6. The summed E-state index contributed by atoms with van der Waals surface area (Å²) in [7, 11) is 0. The maximum Gasteiger partial charge on any atom is 0.317 e. The van der Waals surface area contributed by atoms with Gasteiger partial charge in [-0.3, -0.25) is 0 Å². The van der Waals surface area contributed by atoms with Crippen LogP contribution in [-0.4, -0.2) is 42.3 Å². The highest BCUT2D eigenvalue weighted by Gasteiger charge is 2.39.